The molecule has 0 unspecified atom stereocenters. The van der Waals surface area contributed by atoms with Crippen molar-refractivity contribution in [3.8, 4) is 0 Å². The molecule has 0 aliphatic rings. The van der Waals surface area contributed by atoms with Crippen molar-refractivity contribution in [1.29, 1.82) is 0 Å². The van der Waals surface area contributed by atoms with Crippen LogP contribution >= 0.6 is 0 Å². The summed E-state index contributed by atoms with van der Waals surface area (Å²) in [4.78, 5) is 11.4. The van der Waals surface area contributed by atoms with Gasteiger partial charge in [0.25, 0.3) is 0 Å². The van der Waals surface area contributed by atoms with Crippen molar-refractivity contribution in [3.05, 3.63) is 18.5 Å². The van der Waals surface area contributed by atoms with Gasteiger partial charge in [0.05, 0.1) is 6.54 Å². The molecule has 1 aromatic heterocycles. The number of hydrogen-bond acceptors (Lipinski definition) is 2. The number of amides is 1. The zero-order chi connectivity index (χ0) is 11.3. The highest BCUT2D eigenvalue weighted by Crippen LogP contribution is 2.17. The van der Waals surface area contributed by atoms with Gasteiger partial charge in [0.1, 0.15) is 0 Å². The smallest absolute Gasteiger partial charge is 0.220 e. The topological polar surface area (TPSA) is 46.9 Å². The van der Waals surface area contributed by atoms with Crippen molar-refractivity contribution >= 4 is 5.91 Å². The highest BCUT2D eigenvalue weighted by Gasteiger charge is 2.15. The van der Waals surface area contributed by atoms with E-state index >= 15 is 0 Å². The third kappa shape index (κ3) is 5.20. The van der Waals surface area contributed by atoms with Crippen molar-refractivity contribution in [1.82, 2.24) is 15.1 Å². The SMILES string of the molecule is CC(C)(C)CC(=O)NCCn1cccn1. The predicted octanol–water partition coefficient (Wildman–Crippen LogP) is 1.44. The Morgan fingerprint density at radius 3 is 2.73 bits per heavy atom. The van der Waals surface area contributed by atoms with Gasteiger partial charge < -0.3 is 5.32 Å². The van der Waals surface area contributed by atoms with Crippen molar-refractivity contribution < 1.29 is 4.79 Å². The maximum atomic E-state index is 11.4. The van der Waals surface area contributed by atoms with Gasteiger partial charge in [-0.05, 0) is 11.5 Å². The highest BCUT2D eigenvalue weighted by atomic mass is 16.1. The van der Waals surface area contributed by atoms with E-state index in [1.165, 1.54) is 0 Å². The zero-order valence-corrected chi connectivity index (χ0v) is 9.66. The van der Waals surface area contributed by atoms with Gasteiger partial charge in [0.15, 0.2) is 0 Å². The van der Waals surface area contributed by atoms with E-state index in [4.69, 9.17) is 0 Å². The monoisotopic (exact) mass is 209 g/mol. The van der Waals surface area contributed by atoms with Crippen LogP contribution in [0.3, 0.4) is 0 Å². The number of aromatic nitrogens is 2. The molecular formula is C11H19N3O. The molecule has 4 heteroatoms. The van der Waals surface area contributed by atoms with Crippen LogP contribution < -0.4 is 5.32 Å². The lowest BCUT2D eigenvalue weighted by Crippen LogP contribution is -2.30. The molecule has 1 rings (SSSR count). The van der Waals surface area contributed by atoms with Crippen LogP contribution in [0, 0.1) is 5.41 Å². The molecule has 0 bridgehead atoms. The van der Waals surface area contributed by atoms with E-state index in [2.05, 4.69) is 31.2 Å². The minimum atomic E-state index is 0.0514. The van der Waals surface area contributed by atoms with Gasteiger partial charge in [0, 0.05) is 25.4 Å². The van der Waals surface area contributed by atoms with E-state index in [1.54, 1.807) is 10.9 Å². The van der Waals surface area contributed by atoms with Crippen molar-refractivity contribution in [2.75, 3.05) is 6.54 Å². The number of nitrogens with zero attached hydrogens (tertiary/aromatic N) is 2. The first kappa shape index (κ1) is 11.8. The molecule has 1 aromatic rings. The summed E-state index contributed by atoms with van der Waals surface area (Å²) in [5.74, 6) is 0.106. The molecule has 0 saturated carbocycles. The Hall–Kier alpha value is -1.32. The summed E-state index contributed by atoms with van der Waals surface area (Å²) in [6.07, 6.45) is 4.18. The number of carbonyl (C=O) groups excluding carboxylic acids is 1. The first-order chi connectivity index (χ1) is 6.97. The molecule has 0 saturated heterocycles. The Labute approximate surface area is 90.7 Å². The van der Waals surface area contributed by atoms with Gasteiger partial charge in [-0.1, -0.05) is 20.8 Å². The molecule has 1 heterocycles. The van der Waals surface area contributed by atoms with Gasteiger partial charge in [-0.3, -0.25) is 9.48 Å². The third-order valence-corrected chi connectivity index (χ3v) is 1.91. The Bertz CT molecular complexity index is 298. The Morgan fingerprint density at radius 2 is 2.20 bits per heavy atom. The number of hydrogen-bond donors (Lipinski definition) is 1. The van der Waals surface area contributed by atoms with Crippen LogP contribution in [0.4, 0.5) is 0 Å². The molecule has 0 atom stereocenters. The van der Waals surface area contributed by atoms with Gasteiger partial charge in [-0.15, -0.1) is 0 Å². The number of nitrogens with one attached hydrogen (secondary N) is 1. The molecular weight excluding hydrogens is 190 g/mol. The van der Waals surface area contributed by atoms with Crippen LogP contribution in [-0.2, 0) is 11.3 Å². The van der Waals surface area contributed by atoms with E-state index in [0.717, 1.165) is 6.54 Å². The lowest BCUT2D eigenvalue weighted by molar-refractivity contribution is -0.122. The summed E-state index contributed by atoms with van der Waals surface area (Å²) in [5.41, 5.74) is 0.0514. The second-order valence-corrected chi connectivity index (χ2v) is 4.86. The molecule has 0 spiro atoms. The second kappa shape index (κ2) is 4.96. The Morgan fingerprint density at radius 1 is 1.47 bits per heavy atom. The largest absolute Gasteiger partial charge is 0.354 e. The minimum absolute atomic E-state index is 0.0514. The van der Waals surface area contributed by atoms with Crippen LogP contribution in [-0.4, -0.2) is 22.2 Å². The molecule has 15 heavy (non-hydrogen) atoms. The van der Waals surface area contributed by atoms with E-state index in [-0.39, 0.29) is 11.3 Å². The molecule has 0 radical (unpaired) electrons. The fraction of sp³-hybridized carbons (Fsp3) is 0.636. The van der Waals surface area contributed by atoms with E-state index in [1.807, 2.05) is 12.3 Å². The Balaban J connectivity index is 2.18. The van der Waals surface area contributed by atoms with Gasteiger partial charge in [-0.25, -0.2) is 0 Å². The minimum Gasteiger partial charge on any atom is -0.354 e. The predicted molar refractivity (Wildman–Crippen MR) is 59.3 cm³/mol. The molecule has 0 aromatic carbocycles. The van der Waals surface area contributed by atoms with Crippen LogP contribution in [0.5, 0.6) is 0 Å². The molecule has 0 fully saturated rings. The quantitative estimate of drug-likeness (QED) is 0.815. The molecule has 0 aliphatic carbocycles. The average molecular weight is 209 g/mol. The Kier molecular flexibility index (Phi) is 3.88. The summed E-state index contributed by atoms with van der Waals surface area (Å²) < 4.78 is 1.80. The average Bonchev–Trinajstić information content (AvgIpc) is 2.53. The summed E-state index contributed by atoms with van der Waals surface area (Å²) in [6.45, 7) is 7.53. The first-order valence-corrected chi connectivity index (χ1v) is 5.21. The molecule has 1 N–H and O–H groups in total. The number of rotatable bonds is 4. The van der Waals surface area contributed by atoms with Gasteiger partial charge in [0.2, 0.25) is 5.91 Å². The highest BCUT2D eigenvalue weighted by molar-refractivity contribution is 5.76. The van der Waals surface area contributed by atoms with Crippen molar-refractivity contribution in [3.63, 3.8) is 0 Å². The maximum Gasteiger partial charge on any atom is 0.220 e. The first-order valence-electron chi connectivity index (χ1n) is 5.21. The van der Waals surface area contributed by atoms with E-state index in [9.17, 15) is 4.79 Å². The molecule has 0 aliphatic heterocycles. The normalized spacial score (nSPS) is 11.4. The lowest BCUT2D eigenvalue weighted by atomic mass is 9.92. The summed E-state index contributed by atoms with van der Waals surface area (Å²) in [6, 6.07) is 1.87. The van der Waals surface area contributed by atoms with Gasteiger partial charge in [-0.2, -0.15) is 5.10 Å². The molecule has 4 nitrogen and oxygen atoms in total. The maximum absolute atomic E-state index is 11.4. The molecule has 84 valence electrons. The third-order valence-electron chi connectivity index (χ3n) is 1.91. The van der Waals surface area contributed by atoms with Crippen LogP contribution in [0.1, 0.15) is 27.2 Å². The van der Waals surface area contributed by atoms with Crippen LogP contribution in [0.2, 0.25) is 0 Å². The molecule has 1 amide bonds. The van der Waals surface area contributed by atoms with Crippen LogP contribution in [0.15, 0.2) is 18.5 Å². The second-order valence-electron chi connectivity index (χ2n) is 4.86. The summed E-state index contributed by atoms with van der Waals surface area (Å²) in [5, 5.41) is 6.93. The van der Waals surface area contributed by atoms with Crippen molar-refractivity contribution in [2.24, 2.45) is 5.41 Å². The van der Waals surface area contributed by atoms with E-state index < -0.39 is 0 Å². The van der Waals surface area contributed by atoms with Gasteiger partial charge >= 0.3 is 0 Å². The fourth-order valence-corrected chi connectivity index (χ4v) is 1.29. The zero-order valence-electron chi connectivity index (χ0n) is 9.66. The van der Waals surface area contributed by atoms with Crippen LogP contribution in [0.25, 0.3) is 0 Å². The van der Waals surface area contributed by atoms with Crippen molar-refractivity contribution in [2.45, 2.75) is 33.7 Å². The summed E-state index contributed by atoms with van der Waals surface area (Å²) in [7, 11) is 0. The lowest BCUT2D eigenvalue weighted by Gasteiger charge is -2.17. The number of carbonyl (C=O) groups is 1. The van der Waals surface area contributed by atoms with E-state index in [0.29, 0.717) is 13.0 Å². The summed E-state index contributed by atoms with van der Waals surface area (Å²) >= 11 is 0. The standard InChI is InChI=1S/C11H19N3O/c1-11(2,3)9-10(15)12-6-8-14-7-4-5-13-14/h4-5,7H,6,8-9H2,1-3H3,(H,12,15). The fourth-order valence-electron chi connectivity index (χ4n) is 1.29.